The lowest BCUT2D eigenvalue weighted by atomic mass is 10.0. The summed E-state index contributed by atoms with van der Waals surface area (Å²) < 4.78 is 11.4. The molecule has 20 radical (unpaired) electrons. The van der Waals surface area contributed by atoms with E-state index in [4.69, 9.17) is 70.3 Å². The topological polar surface area (TPSA) is 270 Å². The maximum absolute atomic E-state index is 12.0. The highest BCUT2D eigenvalue weighted by atomic mass is 17.2. The molecule has 0 fully saturated rings. The smallest absolute Gasteiger partial charge is 0.368 e. The Morgan fingerprint density at radius 3 is 1.08 bits per heavy atom. The van der Waals surface area contributed by atoms with Gasteiger partial charge >= 0.3 is 11.9 Å². The highest BCUT2D eigenvalue weighted by Crippen LogP contribution is 2.27. The van der Waals surface area contributed by atoms with Crippen LogP contribution in [0.25, 0.3) is 0 Å². The van der Waals surface area contributed by atoms with E-state index in [-0.39, 0.29) is 83.8 Å². The summed E-state index contributed by atoms with van der Waals surface area (Å²) in [5.41, 5.74) is 0.437. The van der Waals surface area contributed by atoms with E-state index in [2.05, 4.69) is 89.3 Å². The first-order valence-corrected chi connectivity index (χ1v) is 18.8. The molecule has 1 unspecified atom stereocenters. The predicted octanol–water partition coefficient (Wildman–Crippen LogP) is 8.58. The van der Waals surface area contributed by atoms with Crippen LogP contribution >= 0.6 is 0 Å². The zero-order valence-electron chi connectivity index (χ0n) is 37.3. The molecular formula is C45H76O16. The standard InChI is InChI=1S/C25H36O6.10C2H4O/c1-6-7-8-9-10-11-15-18-25(19-28-23(26)20(2)3,31-30-24(27)21(4)5)29-22-16-13-12-14-17-22;10*1-2-3/h12-14,16-17H,2,4,6-11,15,18-19H2,1,3,5H3;10*1-2H2. The maximum Gasteiger partial charge on any atom is 0.368 e. The minimum atomic E-state index is -1.49. The highest BCUT2D eigenvalue weighted by molar-refractivity contribution is 5.87. The van der Waals surface area contributed by atoms with Crippen molar-refractivity contribution in [3.05, 3.63) is 124 Å². The summed E-state index contributed by atoms with van der Waals surface area (Å²) >= 11 is 0. The van der Waals surface area contributed by atoms with Crippen molar-refractivity contribution in [3.63, 3.8) is 0 Å². The molecule has 1 aromatic rings. The van der Waals surface area contributed by atoms with E-state index in [1.165, 1.54) is 26.2 Å². The van der Waals surface area contributed by atoms with E-state index < -0.39 is 17.7 Å². The van der Waals surface area contributed by atoms with Crippen LogP contribution < -0.4 is 4.74 Å². The molecule has 0 aliphatic rings. The average Bonchev–Trinajstić information content (AvgIpc) is 3.19. The van der Waals surface area contributed by atoms with Gasteiger partial charge in [0.1, 0.15) is 5.75 Å². The Balaban J connectivity index is -0.0000000879. The third kappa shape index (κ3) is 108. The second-order valence-electron chi connectivity index (χ2n) is 9.83. The first-order chi connectivity index (χ1) is 28.9. The number of unbranched alkanes of at least 4 members (excludes halogenated alkanes) is 6. The number of esters is 1. The highest BCUT2D eigenvalue weighted by Gasteiger charge is 2.39. The molecule has 16 heteroatoms. The van der Waals surface area contributed by atoms with Gasteiger partial charge in [0.15, 0.2) is 6.61 Å². The molecule has 0 N–H and O–H groups in total. The molecule has 61 heavy (non-hydrogen) atoms. The summed E-state index contributed by atoms with van der Waals surface area (Å²) in [5, 5.41) is 88.2. The van der Waals surface area contributed by atoms with Gasteiger partial charge in [0.05, 0.1) is 66.1 Å². The van der Waals surface area contributed by atoms with E-state index in [0.29, 0.717) is 12.2 Å². The van der Waals surface area contributed by atoms with Crippen molar-refractivity contribution >= 4 is 11.9 Å². The summed E-state index contributed by atoms with van der Waals surface area (Å²) in [6.07, 6.45) is 7.95. The normalized spacial score (nSPS) is 9.30. The van der Waals surface area contributed by atoms with Gasteiger partial charge in [0.2, 0.25) is 0 Å². The molecule has 0 aromatic heterocycles. The molecule has 352 valence electrons. The van der Waals surface area contributed by atoms with Gasteiger partial charge in [-0.15, -0.1) is 4.89 Å². The van der Waals surface area contributed by atoms with Gasteiger partial charge < -0.3 is 9.47 Å². The van der Waals surface area contributed by atoms with Crippen molar-refractivity contribution in [2.24, 2.45) is 0 Å². The Kier molecular flexibility index (Phi) is 113. The second kappa shape index (κ2) is 84.5. The van der Waals surface area contributed by atoms with Gasteiger partial charge in [-0.05, 0) is 102 Å². The van der Waals surface area contributed by atoms with Crippen LogP contribution in [0.4, 0.5) is 0 Å². The summed E-state index contributed by atoms with van der Waals surface area (Å²) in [6.45, 7) is 39.0. The Labute approximate surface area is 371 Å². The van der Waals surface area contributed by atoms with Crippen LogP contribution in [0.5, 0.6) is 5.75 Å². The van der Waals surface area contributed by atoms with Gasteiger partial charge in [-0.3, -0.25) is 4.89 Å². The summed E-state index contributed by atoms with van der Waals surface area (Å²) in [6, 6.07) is 8.99. The van der Waals surface area contributed by atoms with Crippen LogP contribution in [0.3, 0.4) is 0 Å². The molecular weight excluding hydrogens is 796 g/mol. The number of carbonyl (C=O) groups is 2. The Hall–Kier alpha value is -3.00. The van der Waals surface area contributed by atoms with Gasteiger partial charge in [0, 0.05) is 17.6 Å². The molecule has 1 atom stereocenters. The minimum Gasteiger partial charge on any atom is -0.455 e. The molecule has 0 saturated heterocycles. The van der Waals surface area contributed by atoms with E-state index in [0.717, 1.165) is 25.7 Å². The van der Waals surface area contributed by atoms with Crippen LogP contribution in [-0.2, 0) is 75.2 Å². The number of hydrogen-bond acceptors (Lipinski definition) is 6. The van der Waals surface area contributed by atoms with Gasteiger partial charge in [-0.25, -0.2) is 60.7 Å². The molecule has 0 saturated carbocycles. The number of hydrogen-bond donors (Lipinski definition) is 0. The molecule has 0 spiro atoms. The first-order valence-electron chi connectivity index (χ1n) is 18.8. The molecule has 16 nitrogen and oxygen atoms in total. The second-order valence-corrected chi connectivity index (χ2v) is 9.83. The molecule has 0 heterocycles. The van der Waals surface area contributed by atoms with Crippen LogP contribution in [0, 0.1) is 69.2 Å². The van der Waals surface area contributed by atoms with Crippen molar-refractivity contribution in [2.45, 2.75) is 77.9 Å². The molecule has 0 amide bonds. The fraction of sp³-hybridized carbons (Fsp3) is 0.511. The molecule has 1 aromatic carbocycles. The van der Waals surface area contributed by atoms with E-state index in [1.54, 1.807) is 19.1 Å². The van der Waals surface area contributed by atoms with E-state index in [9.17, 15) is 9.59 Å². The third-order valence-electron chi connectivity index (χ3n) is 4.60. The fourth-order valence-electron chi connectivity index (χ4n) is 2.77. The lowest BCUT2D eigenvalue weighted by Gasteiger charge is -2.31. The maximum atomic E-state index is 12.0. The number of rotatable bonds is 16. The zero-order chi connectivity index (χ0) is 50.2. The molecule has 0 aliphatic carbocycles. The van der Waals surface area contributed by atoms with Crippen LogP contribution in [0.2, 0.25) is 0 Å². The van der Waals surface area contributed by atoms with Gasteiger partial charge in [-0.2, -0.15) is 0 Å². The number of ether oxygens (including phenoxy) is 2. The van der Waals surface area contributed by atoms with Crippen molar-refractivity contribution in [2.75, 3.05) is 72.7 Å². The molecule has 0 aliphatic heterocycles. The predicted molar refractivity (Wildman–Crippen MR) is 229 cm³/mol. The number of benzene rings is 1. The summed E-state index contributed by atoms with van der Waals surface area (Å²) in [4.78, 5) is 34.4. The lowest BCUT2D eigenvalue weighted by molar-refractivity contribution is -0.391. The third-order valence-corrected chi connectivity index (χ3v) is 4.60. The monoisotopic (exact) mass is 873 g/mol. The van der Waals surface area contributed by atoms with Crippen molar-refractivity contribution in [1.29, 1.82) is 0 Å². The van der Waals surface area contributed by atoms with Crippen molar-refractivity contribution < 1.29 is 79.9 Å². The molecule has 1 rings (SSSR count). The number of para-hydroxylation sites is 1. The quantitative estimate of drug-likeness (QED) is 0.0391. The molecule has 0 bridgehead atoms. The van der Waals surface area contributed by atoms with Crippen molar-refractivity contribution in [1.82, 2.24) is 0 Å². The first kappa shape index (κ1) is 81.8. The minimum absolute atomic E-state index is 0.184. The summed E-state index contributed by atoms with van der Waals surface area (Å²) in [5.74, 6) is -2.27. The van der Waals surface area contributed by atoms with Gasteiger partial charge in [0.25, 0.3) is 5.79 Å². The fourth-order valence-corrected chi connectivity index (χ4v) is 2.77. The average molecular weight is 873 g/mol. The largest absolute Gasteiger partial charge is 0.455 e. The van der Waals surface area contributed by atoms with Crippen molar-refractivity contribution in [3.8, 4) is 5.75 Å². The van der Waals surface area contributed by atoms with E-state index >= 15 is 0 Å². The Morgan fingerprint density at radius 1 is 0.492 bits per heavy atom. The SMILES string of the molecule is C=C(C)C(=O)OCC(CCCCCCCCC)(OOC(=O)C(=C)C)Oc1ccccc1.[CH2]C[O].[CH2]C[O].[CH2]C[O].[CH2]C[O].[CH2]C[O].[CH2]C[O].[CH2]C[O].[CH2]C[O].[CH2]C[O].[CH2]C[O]. The summed E-state index contributed by atoms with van der Waals surface area (Å²) in [7, 11) is 0. The Morgan fingerprint density at radius 2 is 0.787 bits per heavy atom. The zero-order valence-corrected chi connectivity index (χ0v) is 37.3. The van der Waals surface area contributed by atoms with Gasteiger partial charge in [-0.1, -0.05) is 76.8 Å². The lowest BCUT2D eigenvalue weighted by Crippen LogP contribution is -2.45. The van der Waals surface area contributed by atoms with Crippen LogP contribution in [-0.4, -0.2) is 90.4 Å². The van der Waals surface area contributed by atoms with Crippen LogP contribution in [0.15, 0.2) is 54.6 Å². The Bertz CT molecular complexity index is 825. The number of carbonyl (C=O) groups excluding carboxylic acids is 2. The van der Waals surface area contributed by atoms with E-state index in [1.807, 2.05) is 18.2 Å². The van der Waals surface area contributed by atoms with Crippen LogP contribution in [0.1, 0.15) is 72.1 Å².